The largest absolute Gasteiger partial charge is 0.482 e. The predicted molar refractivity (Wildman–Crippen MR) is 91.8 cm³/mol. The summed E-state index contributed by atoms with van der Waals surface area (Å²) < 4.78 is 11.2. The minimum Gasteiger partial charge on any atom is -0.482 e. The molecule has 0 unspecified atom stereocenters. The monoisotopic (exact) mass is 356 g/mol. The third kappa shape index (κ3) is 3.41. The van der Waals surface area contributed by atoms with Crippen LogP contribution in [-0.2, 0) is 16.0 Å². The van der Waals surface area contributed by atoms with E-state index in [-0.39, 0.29) is 30.5 Å². The summed E-state index contributed by atoms with van der Waals surface area (Å²) in [7, 11) is 0. The Balaban J connectivity index is 1.34. The van der Waals surface area contributed by atoms with E-state index < -0.39 is 0 Å². The second-order valence-electron chi connectivity index (χ2n) is 6.44. The van der Waals surface area contributed by atoms with Crippen molar-refractivity contribution in [2.75, 3.05) is 26.3 Å². The molecule has 8 heteroatoms. The van der Waals surface area contributed by atoms with Crippen LogP contribution in [0.5, 0.6) is 5.75 Å². The molecule has 26 heavy (non-hydrogen) atoms. The summed E-state index contributed by atoms with van der Waals surface area (Å²) in [4.78, 5) is 26.6. The van der Waals surface area contributed by atoms with Gasteiger partial charge in [-0.2, -0.15) is 5.10 Å². The molecule has 0 radical (unpaired) electrons. The summed E-state index contributed by atoms with van der Waals surface area (Å²) in [6, 6.07) is 7.27. The number of amides is 2. The number of ether oxygens (including phenoxy) is 2. The van der Waals surface area contributed by atoms with Gasteiger partial charge in [0.2, 0.25) is 5.91 Å². The number of H-pyrrole nitrogens is 1. The molecule has 0 spiro atoms. The summed E-state index contributed by atoms with van der Waals surface area (Å²) in [6.45, 7) is 1.35. The summed E-state index contributed by atoms with van der Waals surface area (Å²) in [5, 5.41) is 9.43. The Morgan fingerprint density at radius 1 is 1.38 bits per heavy atom. The zero-order chi connectivity index (χ0) is 17.9. The van der Waals surface area contributed by atoms with Crippen molar-refractivity contribution in [3.8, 4) is 5.75 Å². The molecule has 4 rings (SSSR count). The van der Waals surface area contributed by atoms with Crippen LogP contribution in [0.4, 0.5) is 0 Å². The average molecular weight is 356 g/mol. The summed E-state index contributed by atoms with van der Waals surface area (Å²) in [5.41, 5.74) is 1.71. The topological polar surface area (TPSA) is 96.6 Å². The van der Waals surface area contributed by atoms with Crippen molar-refractivity contribution in [2.45, 2.75) is 18.6 Å². The number of benzene rings is 1. The Labute approximate surface area is 150 Å². The average Bonchev–Trinajstić information content (AvgIpc) is 3.31. The molecule has 2 N–H and O–H groups in total. The molecular weight excluding hydrogens is 336 g/mol. The molecule has 1 saturated heterocycles. The number of aromatic nitrogens is 2. The Morgan fingerprint density at radius 3 is 3.12 bits per heavy atom. The summed E-state index contributed by atoms with van der Waals surface area (Å²) in [5.74, 6) is 0.285. The molecule has 0 bridgehead atoms. The maximum absolute atomic E-state index is 12.6. The molecule has 0 saturated carbocycles. The molecule has 2 amide bonds. The summed E-state index contributed by atoms with van der Waals surface area (Å²) >= 11 is 0. The smallest absolute Gasteiger partial charge is 0.254 e. The lowest BCUT2D eigenvalue weighted by atomic mass is 9.99. The molecule has 1 fully saturated rings. The van der Waals surface area contributed by atoms with Crippen molar-refractivity contribution in [3.05, 3.63) is 47.8 Å². The van der Waals surface area contributed by atoms with Gasteiger partial charge >= 0.3 is 0 Å². The minimum atomic E-state index is -0.283. The number of hydrogen-bond donors (Lipinski definition) is 2. The van der Waals surface area contributed by atoms with Gasteiger partial charge in [0, 0.05) is 12.1 Å². The number of nitrogens with zero attached hydrogens (tertiary/aromatic N) is 2. The lowest BCUT2D eigenvalue weighted by Gasteiger charge is -2.28. The third-order valence-electron chi connectivity index (χ3n) is 4.66. The lowest BCUT2D eigenvalue weighted by Crippen LogP contribution is -2.50. The van der Waals surface area contributed by atoms with E-state index in [0.717, 1.165) is 12.0 Å². The molecule has 2 aliphatic heterocycles. The van der Waals surface area contributed by atoms with Gasteiger partial charge in [-0.05, 0) is 18.1 Å². The van der Waals surface area contributed by atoms with Gasteiger partial charge in [0.1, 0.15) is 6.10 Å². The van der Waals surface area contributed by atoms with Crippen LogP contribution >= 0.6 is 0 Å². The predicted octanol–water partition coefficient (Wildman–Crippen LogP) is 0.371. The maximum Gasteiger partial charge on any atom is 0.254 e. The highest BCUT2D eigenvalue weighted by Crippen LogP contribution is 2.19. The second kappa shape index (κ2) is 7.17. The van der Waals surface area contributed by atoms with Crippen LogP contribution in [0.25, 0.3) is 0 Å². The van der Waals surface area contributed by atoms with E-state index >= 15 is 0 Å². The van der Waals surface area contributed by atoms with Crippen LogP contribution in [0.3, 0.4) is 0 Å². The zero-order valence-corrected chi connectivity index (χ0v) is 14.2. The van der Waals surface area contributed by atoms with Crippen molar-refractivity contribution in [1.29, 1.82) is 0 Å². The van der Waals surface area contributed by atoms with Gasteiger partial charge in [-0.15, -0.1) is 0 Å². The molecule has 2 aromatic rings. The quantitative estimate of drug-likeness (QED) is 0.807. The maximum atomic E-state index is 12.6. The molecule has 3 heterocycles. The first-order valence-corrected chi connectivity index (χ1v) is 8.60. The van der Waals surface area contributed by atoms with Gasteiger partial charge < -0.3 is 19.7 Å². The lowest BCUT2D eigenvalue weighted by molar-refractivity contribution is -0.123. The molecule has 0 aliphatic carbocycles. The molecule has 2 atom stereocenters. The highest BCUT2D eigenvalue weighted by atomic mass is 16.5. The van der Waals surface area contributed by atoms with Crippen LogP contribution in [0.15, 0.2) is 36.7 Å². The fourth-order valence-corrected chi connectivity index (χ4v) is 3.31. The molecule has 2 aliphatic rings. The van der Waals surface area contributed by atoms with Crippen molar-refractivity contribution in [1.82, 2.24) is 20.4 Å². The van der Waals surface area contributed by atoms with Gasteiger partial charge in [0.15, 0.2) is 5.75 Å². The van der Waals surface area contributed by atoms with Crippen LogP contribution in [0.2, 0.25) is 0 Å². The van der Waals surface area contributed by atoms with Gasteiger partial charge in [0.05, 0.1) is 38.2 Å². The van der Waals surface area contributed by atoms with E-state index in [1.165, 1.54) is 0 Å². The zero-order valence-electron chi connectivity index (χ0n) is 14.2. The highest BCUT2D eigenvalue weighted by molar-refractivity contribution is 5.98. The Morgan fingerprint density at radius 2 is 2.27 bits per heavy atom. The third-order valence-corrected chi connectivity index (χ3v) is 4.66. The first-order chi connectivity index (χ1) is 12.7. The number of carbonyl (C=O) groups is 2. The van der Waals surface area contributed by atoms with E-state index in [2.05, 4.69) is 15.5 Å². The fourth-order valence-electron chi connectivity index (χ4n) is 3.31. The van der Waals surface area contributed by atoms with Crippen LogP contribution in [0, 0.1) is 0 Å². The van der Waals surface area contributed by atoms with E-state index in [9.17, 15) is 9.59 Å². The molecule has 1 aromatic heterocycles. The van der Waals surface area contributed by atoms with Gasteiger partial charge in [-0.25, -0.2) is 0 Å². The van der Waals surface area contributed by atoms with Gasteiger partial charge in [0.25, 0.3) is 5.91 Å². The summed E-state index contributed by atoms with van der Waals surface area (Å²) in [6.07, 6.45) is 3.69. The molecular formula is C18H20N4O4. The van der Waals surface area contributed by atoms with Crippen molar-refractivity contribution in [2.24, 2.45) is 0 Å². The second-order valence-corrected chi connectivity index (χ2v) is 6.44. The van der Waals surface area contributed by atoms with Crippen molar-refractivity contribution in [3.63, 3.8) is 0 Å². The number of carbonyl (C=O) groups excluding carboxylic acids is 2. The highest BCUT2D eigenvalue weighted by Gasteiger charge is 2.33. The molecule has 8 nitrogen and oxygen atoms in total. The van der Waals surface area contributed by atoms with Crippen LogP contribution < -0.4 is 10.1 Å². The van der Waals surface area contributed by atoms with E-state index in [4.69, 9.17) is 9.47 Å². The molecule has 1 aromatic carbocycles. The van der Waals surface area contributed by atoms with E-state index in [0.29, 0.717) is 31.1 Å². The standard InChI is InChI=1S/C18H20N4O4/c23-17(9-22-6-5-12-3-1-2-4-14(12)18(22)24)21-15-10-25-11-16(15)26-13-7-19-20-8-13/h1-4,7-8,15-16H,5-6,9-11H2,(H,19,20)(H,21,23)/t15-,16+/m0/s1. The van der Waals surface area contributed by atoms with E-state index in [1.807, 2.05) is 18.2 Å². The van der Waals surface area contributed by atoms with Crippen molar-refractivity contribution >= 4 is 11.8 Å². The number of hydrogen-bond acceptors (Lipinski definition) is 5. The SMILES string of the molecule is O=C(CN1CCc2ccccc2C1=O)N[C@H]1COC[C@H]1Oc1cn[nH]c1. The number of rotatable bonds is 5. The first-order valence-electron chi connectivity index (χ1n) is 8.60. The normalized spacial score (nSPS) is 22.2. The number of fused-ring (bicyclic) bond motifs is 1. The minimum absolute atomic E-state index is 0.0299. The van der Waals surface area contributed by atoms with Gasteiger partial charge in [-0.1, -0.05) is 18.2 Å². The first kappa shape index (κ1) is 16.6. The Kier molecular flexibility index (Phi) is 4.57. The van der Waals surface area contributed by atoms with E-state index in [1.54, 1.807) is 23.4 Å². The van der Waals surface area contributed by atoms with Gasteiger partial charge in [-0.3, -0.25) is 14.7 Å². The number of aromatic amines is 1. The van der Waals surface area contributed by atoms with Crippen LogP contribution in [0.1, 0.15) is 15.9 Å². The fraction of sp³-hybridized carbons (Fsp3) is 0.389. The van der Waals surface area contributed by atoms with Crippen molar-refractivity contribution < 1.29 is 19.1 Å². The Hall–Kier alpha value is -2.87. The number of nitrogens with one attached hydrogen (secondary N) is 2. The van der Waals surface area contributed by atoms with Crippen LogP contribution in [-0.4, -0.2) is 65.4 Å². The Bertz CT molecular complexity index is 792. The molecule has 136 valence electrons.